The minimum Gasteiger partial charge on any atom is -0.352 e. The van der Waals surface area contributed by atoms with E-state index in [0.29, 0.717) is 59.9 Å². The highest BCUT2D eigenvalue weighted by Gasteiger charge is 2.22. The average molecular weight is 466 g/mol. The summed E-state index contributed by atoms with van der Waals surface area (Å²) in [5.74, 6) is 0.410. The first-order chi connectivity index (χ1) is 16.1. The molecule has 5 rings (SSSR count). The van der Waals surface area contributed by atoms with Crippen molar-refractivity contribution in [2.75, 3.05) is 36.0 Å². The maximum Gasteiger partial charge on any atom is 0.225 e. The molecule has 0 radical (unpaired) electrons. The number of pyridine rings is 1. The van der Waals surface area contributed by atoms with Crippen LogP contribution in [0, 0.1) is 11.6 Å². The molecule has 0 N–H and O–H groups in total. The monoisotopic (exact) mass is 465 g/mol. The smallest absolute Gasteiger partial charge is 0.225 e. The van der Waals surface area contributed by atoms with Gasteiger partial charge >= 0.3 is 0 Å². The second-order valence-corrected chi connectivity index (χ2v) is 7.87. The van der Waals surface area contributed by atoms with Gasteiger partial charge in [0, 0.05) is 49.7 Å². The first kappa shape index (κ1) is 21.1. The van der Waals surface area contributed by atoms with Crippen LogP contribution in [0.3, 0.4) is 0 Å². The number of nitrogens with zero attached hydrogens (tertiary/aromatic N) is 7. The Hall–Kier alpha value is -3.72. The van der Waals surface area contributed by atoms with Crippen LogP contribution in [0.2, 0.25) is 5.02 Å². The molecule has 0 atom stereocenters. The number of halogens is 3. The number of rotatable bonds is 4. The lowest BCUT2D eigenvalue weighted by molar-refractivity contribution is 0.601. The molecular formula is C23H18ClF2N7. The molecule has 1 aliphatic heterocycles. The van der Waals surface area contributed by atoms with Crippen LogP contribution in [-0.2, 0) is 0 Å². The minimum absolute atomic E-state index is 0.324. The van der Waals surface area contributed by atoms with Crippen molar-refractivity contribution < 1.29 is 8.78 Å². The molecule has 33 heavy (non-hydrogen) atoms. The zero-order valence-electron chi connectivity index (χ0n) is 17.4. The lowest BCUT2D eigenvalue weighted by Crippen LogP contribution is -2.47. The molecule has 0 amide bonds. The summed E-state index contributed by atoms with van der Waals surface area (Å²) in [4.78, 5) is 25.9. The van der Waals surface area contributed by atoms with Gasteiger partial charge in [-0.25, -0.2) is 23.7 Å². The number of anilines is 2. The van der Waals surface area contributed by atoms with Crippen LogP contribution in [0.15, 0.2) is 61.3 Å². The third kappa shape index (κ3) is 4.45. The topological polar surface area (TPSA) is 70.9 Å². The van der Waals surface area contributed by atoms with Gasteiger partial charge in [-0.2, -0.15) is 0 Å². The van der Waals surface area contributed by atoms with E-state index in [1.165, 1.54) is 24.5 Å². The molecule has 4 aromatic rings. The van der Waals surface area contributed by atoms with E-state index < -0.39 is 5.82 Å². The first-order valence-electron chi connectivity index (χ1n) is 10.3. The van der Waals surface area contributed by atoms with Crippen molar-refractivity contribution in [3.8, 4) is 22.5 Å². The molecule has 0 aliphatic carbocycles. The van der Waals surface area contributed by atoms with Crippen molar-refractivity contribution in [2.45, 2.75) is 0 Å². The van der Waals surface area contributed by atoms with Crippen LogP contribution in [0.1, 0.15) is 0 Å². The SMILES string of the molecule is Fc1ccc(-c2ncc(N3CCN(c4ncc(F)cn4)CC3)nc2-c2ccncc2Cl)cc1. The fourth-order valence-corrected chi connectivity index (χ4v) is 3.92. The van der Waals surface area contributed by atoms with Gasteiger partial charge in [0.2, 0.25) is 5.95 Å². The normalized spacial score (nSPS) is 13.9. The van der Waals surface area contributed by atoms with Gasteiger partial charge in [-0.05, 0) is 30.3 Å². The third-order valence-corrected chi connectivity index (χ3v) is 5.70. The van der Waals surface area contributed by atoms with E-state index in [-0.39, 0.29) is 5.82 Å². The van der Waals surface area contributed by atoms with E-state index in [0.717, 1.165) is 5.56 Å². The molecule has 10 heteroatoms. The van der Waals surface area contributed by atoms with Gasteiger partial charge < -0.3 is 9.80 Å². The predicted octanol–water partition coefficient (Wildman–Crippen LogP) is 4.25. The molecule has 4 heterocycles. The standard InChI is InChI=1S/C23H18ClF2N7/c24-19-13-27-6-5-18(19)22-21(15-1-3-16(25)4-2-15)28-14-20(31-22)32-7-9-33(10-8-32)23-29-11-17(26)12-30-23/h1-6,11-14H,7-10H2. The average Bonchev–Trinajstić information content (AvgIpc) is 2.85. The summed E-state index contributed by atoms with van der Waals surface area (Å²) in [5, 5.41) is 0.450. The highest BCUT2D eigenvalue weighted by atomic mass is 35.5. The molecule has 1 aliphatic rings. The van der Waals surface area contributed by atoms with Crippen LogP contribution < -0.4 is 9.80 Å². The number of piperazine rings is 1. The van der Waals surface area contributed by atoms with Gasteiger partial charge in [-0.1, -0.05) is 11.6 Å². The Bertz CT molecular complexity index is 1260. The van der Waals surface area contributed by atoms with Crippen LogP contribution in [0.4, 0.5) is 20.5 Å². The minimum atomic E-state index is -0.462. The molecule has 1 saturated heterocycles. The molecule has 0 bridgehead atoms. The van der Waals surface area contributed by atoms with Gasteiger partial charge in [-0.15, -0.1) is 0 Å². The highest BCUT2D eigenvalue weighted by Crippen LogP contribution is 2.34. The highest BCUT2D eigenvalue weighted by molar-refractivity contribution is 6.33. The Morgan fingerprint density at radius 2 is 1.42 bits per heavy atom. The van der Waals surface area contributed by atoms with Gasteiger partial charge in [0.25, 0.3) is 0 Å². The fourth-order valence-electron chi connectivity index (χ4n) is 3.71. The van der Waals surface area contributed by atoms with E-state index in [9.17, 15) is 8.78 Å². The van der Waals surface area contributed by atoms with Gasteiger partial charge in [0.1, 0.15) is 17.3 Å². The van der Waals surface area contributed by atoms with Crippen molar-refractivity contribution in [3.05, 3.63) is 78.0 Å². The van der Waals surface area contributed by atoms with E-state index in [1.54, 1.807) is 36.8 Å². The summed E-state index contributed by atoms with van der Waals surface area (Å²) >= 11 is 6.43. The van der Waals surface area contributed by atoms with E-state index in [4.69, 9.17) is 16.6 Å². The van der Waals surface area contributed by atoms with Crippen molar-refractivity contribution >= 4 is 23.4 Å². The lowest BCUT2D eigenvalue weighted by Gasteiger charge is -2.35. The Morgan fingerprint density at radius 3 is 2.12 bits per heavy atom. The van der Waals surface area contributed by atoms with Crippen molar-refractivity contribution in [2.24, 2.45) is 0 Å². The summed E-state index contributed by atoms with van der Waals surface area (Å²) in [6.45, 7) is 2.63. The van der Waals surface area contributed by atoms with Crippen molar-refractivity contribution in [1.82, 2.24) is 24.9 Å². The Kier molecular flexibility index (Phi) is 5.78. The Morgan fingerprint density at radius 1 is 0.727 bits per heavy atom. The summed E-state index contributed by atoms with van der Waals surface area (Å²) in [6.07, 6.45) is 7.24. The quantitative estimate of drug-likeness (QED) is 0.446. The molecule has 1 aromatic carbocycles. The summed E-state index contributed by atoms with van der Waals surface area (Å²) in [7, 11) is 0. The van der Waals surface area contributed by atoms with Crippen LogP contribution in [-0.4, -0.2) is 51.1 Å². The summed E-state index contributed by atoms with van der Waals surface area (Å²) in [5.41, 5.74) is 2.62. The maximum atomic E-state index is 13.5. The molecule has 0 saturated carbocycles. The largest absolute Gasteiger partial charge is 0.352 e. The zero-order valence-corrected chi connectivity index (χ0v) is 18.1. The van der Waals surface area contributed by atoms with Gasteiger partial charge in [-0.3, -0.25) is 9.97 Å². The van der Waals surface area contributed by atoms with Gasteiger partial charge in [0.15, 0.2) is 5.82 Å². The maximum absolute atomic E-state index is 13.5. The lowest BCUT2D eigenvalue weighted by atomic mass is 10.0. The molecular weight excluding hydrogens is 448 g/mol. The molecule has 3 aromatic heterocycles. The molecule has 1 fully saturated rings. The number of aromatic nitrogens is 5. The second-order valence-electron chi connectivity index (χ2n) is 7.46. The zero-order chi connectivity index (χ0) is 22.8. The molecule has 7 nitrogen and oxygen atoms in total. The van der Waals surface area contributed by atoms with E-state index >= 15 is 0 Å². The summed E-state index contributed by atoms with van der Waals surface area (Å²) in [6, 6.07) is 7.89. The Labute approximate surface area is 193 Å². The molecule has 166 valence electrons. The Balaban J connectivity index is 1.45. The van der Waals surface area contributed by atoms with E-state index in [1.807, 2.05) is 4.90 Å². The van der Waals surface area contributed by atoms with Crippen molar-refractivity contribution in [3.63, 3.8) is 0 Å². The predicted molar refractivity (Wildman–Crippen MR) is 122 cm³/mol. The third-order valence-electron chi connectivity index (χ3n) is 5.40. The van der Waals surface area contributed by atoms with Crippen LogP contribution >= 0.6 is 11.6 Å². The number of hydrogen-bond acceptors (Lipinski definition) is 7. The first-order valence-corrected chi connectivity index (χ1v) is 10.7. The molecule has 0 spiro atoms. The van der Waals surface area contributed by atoms with Crippen LogP contribution in [0.25, 0.3) is 22.5 Å². The summed E-state index contributed by atoms with van der Waals surface area (Å²) < 4.78 is 26.6. The fraction of sp³-hybridized carbons (Fsp3) is 0.174. The van der Waals surface area contributed by atoms with Crippen molar-refractivity contribution in [1.29, 1.82) is 0 Å². The van der Waals surface area contributed by atoms with Crippen LogP contribution in [0.5, 0.6) is 0 Å². The number of benzene rings is 1. The van der Waals surface area contributed by atoms with Gasteiger partial charge in [0.05, 0.1) is 29.3 Å². The van der Waals surface area contributed by atoms with E-state index in [2.05, 4.69) is 24.8 Å². The molecule has 0 unspecified atom stereocenters. The number of hydrogen-bond donors (Lipinski definition) is 0. The second kappa shape index (κ2) is 9.03.